The summed E-state index contributed by atoms with van der Waals surface area (Å²) in [5.74, 6) is 1.02. The summed E-state index contributed by atoms with van der Waals surface area (Å²) in [6, 6.07) is 11.3. The van der Waals surface area contributed by atoms with E-state index in [1.807, 2.05) is 41.0 Å². The Labute approximate surface area is 182 Å². The third-order valence-corrected chi connectivity index (χ3v) is 5.32. The molecule has 0 N–H and O–H groups in total. The molecule has 8 nitrogen and oxygen atoms in total. The average Bonchev–Trinajstić information content (AvgIpc) is 3.12. The van der Waals surface area contributed by atoms with Crippen LogP contribution in [-0.4, -0.2) is 45.6 Å². The number of esters is 1. The van der Waals surface area contributed by atoms with Crippen molar-refractivity contribution >= 4 is 27.6 Å². The van der Waals surface area contributed by atoms with Gasteiger partial charge in [-0.2, -0.15) is 0 Å². The van der Waals surface area contributed by atoms with Crippen molar-refractivity contribution < 1.29 is 14.3 Å². The standard InChI is InChI=1S/C21H20BrN5O3/c1-29-12-18-25-26-21-16(7-9-19(28)30-2)24-20(15-5-3-4-10-23-15)14-11-13(22)6-8-17(14)27(18)21/h3-6,8,10-11,16H,7,9,12H2,1-2H3. The minimum absolute atomic E-state index is 0.215. The molecule has 0 aliphatic carbocycles. The number of hydrogen-bond acceptors (Lipinski definition) is 7. The average molecular weight is 470 g/mol. The van der Waals surface area contributed by atoms with Gasteiger partial charge in [0, 0.05) is 29.8 Å². The summed E-state index contributed by atoms with van der Waals surface area (Å²) in [6.45, 7) is 0.297. The molecule has 30 heavy (non-hydrogen) atoms. The van der Waals surface area contributed by atoms with Crippen molar-refractivity contribution in [2.75, 3.05) is 14.2 Å². The number of rotatable bonds is 6. The van der Waals surface area contributed by atoms with Crippen molar-refractivity contribution in [2.24, 2.45) is 4.99 Å². The van der Waals surface area contributed by atoms with Crippen LogP contribution in [0.1, 0.15) is 41.8 Å². The highest BCUT2D eigenvalue weighted by Gasteiger charge is 2.30. The fraction of sp³-hybridized carbons (Fsp3) is 0.286. The number of halogens is 1. The zero-order valence-electron chi connectivity index (χ0n) is 16.6. The van der Waals surface area contributed by atoms with Crippen molar-refractivity contribution in [3.63, 3.8) is 0 Å². The van der Waals surface area contributed by atoms with Gasteiger partial charge in [-0.25, -0.2) is 0 Å². The summed E-state index contributed by atoms with van der Waals surface area (Å²) in [5, 5.41) is 8.73. The molecule has 1 aliphatic heterocycles. The number of ether oxygens (including phenoxy) is 2. The van der Waals surface area contributed by atoms with Crippen LogP contribution in [-0.2, 0) is 20.9 Å². The predicted octanol–water partition coefficient (Wildman–Crippen LogP) is 3.42. The summed E-state index contributed by atoms with van der Waals surface area (Å²) in [4.78, 5) is 21.3. The van der Waals surface area contributed by atoms with Crippen LogP contribution in [0.4, 0.5) is 0 Å². The van der Waals surface area contributed by atoms with E-state index >= 15 is 0 Å². The third kappa shape index (κ3) is 3.90. The van der Waals surface area contributed by atoms with Crippen LogP contribution < -0.4 is 0 Å². The van der Waals surface area contributed by atoms with Gasteiger partial charge in [0.2, 0.25) is 0 Å². The maximum absolute atomic E-state index is 11.8. The number of fused-ring (bicyclic) bond motifs is 3. The van der Waals surface area contributed by atoms with Gasteiger partial charge in [-0.3, -0.25) is 19.3 Å². The molecule has 0 fully saturated rings. The first kappa shape index (κ1) is 20.4. The minimum Gasteiger partial charge on any atom is -0.469 e. The van der Waals surface area contributed by atoms with E-state index in [2.05, 4.69) is 31.1 Å². The van der Waals surface area contributed by atoms with E-state index in [1.165, 1.54) is 7.11 Å². The van der Waals surface area contributed by atoms with Gasteiger partial charge in [0.1, 0.15) is 12.6 Å². The fourth-order valence-corrected chi connectivity index (χ4v) is 3.83. The molecule has 0 amide bonds. The Kier molecular flexibility index (Phi) is 6.01. The lowest BCUT2D eigenvalue weighted by molar-refractivity contribution is -0.140. The van der Waals surface area contributed by atoms with E-state index in [0.717, 1.165) is 27.1 Å². The Hall–Kier alpha value is -2.91. The van der Waals surface area contributed by atoms with Gasteiger partial charge in [0.05, 0.1) is 24.2 Å². The summed E-state index contributed by atoms with van der Waals surface area (Å²) >= 11 is 3.57. The molecule has 154 valence electrons. The minimum atomic E-state index is -0.398. The van der Waals surface area contributed by atoms with Crippen molar-refractivity contribution in [2.45, 2.75) is 25.5 Å². The first-order chi connectivity index (χ1) is 14.6. The number of benzene rings is 1. The Bertz CT molecular complexity index is 1100. The third-order valence-electron chi connectivity index (χ3n) is 4.82. The number of carbonyl (C=O) groups is 1. The molecule has 4 rings (SSSR count). The second-order valence-electron chi connectivity index (χ2n) is 6.73. The van der Waals surface area contributed by atoms with Crippen LogP contribution in [0.15, 0.2) is 52.1 Å². The molecule has 1 aromatic carbocycles. The Balaban J connectivity index is 1.93. The lowest BCUT2D eigenvalue weighted by atomic mass is 10.0. The molecule has 1 atom stereocenters. The number of pyridine rings is 1. The molecule has 0 bridgehead atoms. The van der Waals surface area contributed by atoms with Gasteiger partial charge >= 0.3 is 5.97 Å². The SMILES string of the molecule is COCc1nnc2n1-c1ccc(Br)cc1C(c1ccccn1)=NC2CCC(=O)OC. The van der Waals surface area contributed by atoms with Crippen LogP contribution in [0.25, 0.3) is 5.69 Å². The quantitative estimate of drug-likeness (QED) is 0.513. The lowest BCUT2D eigenvalue weighted by Crippen LogP contribution is -2.11. The first-order valence-corrected chi connectivity index (χ1v) is 10.2. The van der Waals surface area contributed by atoms with Crippen LogP contribution in [0.2, 0.25) is 0 Å². The molecule has 3 heterocycles. The predicted molar refractivity (Wildman–Crippen MR) is 114 cm³/mol. The number of carbonyl (C=O) groups excluding carboxylic acids is 1. The van der Waals surface area contributed by atoms with Crippen LogP contribution >= 0.6 is 15.9 Å². The smallest absolute Gasteiger partial charge is 0.305 e. The van der Waals surface area contributed by atoms with Gasteiger partial charge in [-0.15, -0.1) is 10.2 Å². The Morgan fingerprint density at radius 2 is 2.07 bits per heavy atom. The van der Waals surface area contributed by atoms with E-state index in [-0.39, 0.29) is 12.4 Å². The van der Waals surface area contributed by atoms with Gasteiger partial charge in [0.15, 0.2) is 11.6 Å². The van der Waals surface area contributed by atoms with Crippen molar-refractivity contribution in [1.82, 2.24) is 19.7 Å². The number of aliphatic imine (C=N–C) groups is 1. The normalized spacial score (nSPS) is 15.0. The number of aromatic nitrogens is 4. The number of nitrogens with zero attached hydrogens (tertiary/aromatic N) is 5. The zero-order valence-corrected chi connectivity index (χ0v) is 18.2. The molecule has 9 heteroatoms. The van der Waals surface area contributed by atoms with Crippen molar-refractivity contribution in [1.29, 1.82) is 0 Å². The molecular formula is C21H20BrN5O3. The molecule has 0 radical (unpaired) electrons. The van der Waals surface area contributed by atoms with Crippen LogP contribution in [0.5, 0.6) is 0 Å². The molecule has 0 spiro atoms. The maximum Gasteiger partial charge on any atom is 0.305 e. The summed E-state index contributed by atoms with van der Waals surface area (Å²) in [5.41, 5.74) is 3.25. The lowest BCUT2D eigenvalue weighted by Gasteiger charge is -2.14. The van der Waals surface area contributed by atoms with E-state index in [9.17, 15) is 4.79 Å². The van der Waals surface area contributed by atoms with Crippen molar-refractivity contribution in [3.05, 3.63) is 70.0 Å². The molecule has 2 aromatic heterocycles. The molecule has 1 unspecified atom stereocenters. The number of methoxy groups -OCH3 is 2. The molecule has 3 aromatic rings. The molecule has 0 saturated heterocycles. The van der Waals surface area contributed by atoms with Crippen LogP contribution in [0.3, 0.4) is 0 Å². The maximum atomic E-state index is 11.8. The second kappa shape index (κ2) is 8.85. The Morgan fingerprint density at radius 1 is 1.20 bits per heavy atom. The summed E-state index contributed by atoms with van der Waals surface area (Å²) in [6.07, 6.45) is 2.39. The van der Waals surface area contributed by atoms with E-state index < -0.39 is 6.04 Å². The number of hydrogen-bond donors (Lipinski definition) is 0. The highest BCUT2D eigenvalue weighted by atomic mass is 79.9. The van der Waals surface area contributed by atoms with E-state index in [1.54, 1.807) is 13.3 Å². The van der Waals surface area contributed by atoms with Crippen LogP contribution in [0, 0.1) is 0 Å². The molecule has 0 saturated carbocycles. The first-order valence-electron chi connectivity index (χ1n) is 9.41. The van der Waals surface area contributed by atoms with Crippen molar-refractivity contribution in [3.8, 4) is 5.69 Å². The zero-order chi connectivity index (χ0) is 21.1. The fourth-order valence-electron chi connectivity index (χ4n) is 3.46. The largest absolute Gasteiger partial charge is 0.469 e. The molecular weight excluding hydrogens is 450 g/mol. The van der Waals surface area contributed by atoms with Gasteiger partial charge in [0.25, 0.3) is 0 Å². The topological polar surface area (TPSA) is 91.5 Å². The molecule has 1 aliphatic rings. The van der Waals surface area contributed by atoms with E-state index in [4.69, 9.17) is 14.5 Å². The summed E-state index contributed by atoms with van der Waals surface area (Å²) in [7, 11) is 3.00. The second-order valence-corrected chi connectivity index (χ2v) is 7.64. The highest BCUT2D eigenvalue weighted by Crippen LogP contribution is 2.34. The van der Waals surface area contributed by atoms with Gasteiger partial charge in [-0.1, -0.05) is 22.0 Å². The Morgan fingerprint density at radius 3 is 2.80 bits per heavy atom. The monoisotopic (exact) mass is 469 g/mol. The van der Waals surface area contributed by atoms with Gasteiger partial charge in [-0.05, 0) is 36.8 Å². The highest BCUT2D eigenvalue weighted by molar-refractivity contribution is 9.10. The van der Waals surface area contributed by atoms with E-state index in [0.29, 0.717) is 24.7 Å². The van der Waals surface area contributed by atoms with Gasteiger partial charge < -0.3 is 9.47 Å². The summed E-state index contributed by atoms with van der Waals surface area (Å²) < 4.78 is 13.0.